The van der Waals surface area contributed by atoms with Gasteiger partial charge in [0.2, 0.25) is 0 Å². The molecule has 3 rings (SSSR count). The first-order chi connectivity index (χ1) is 10.4. The van der Waals surface area contributed by atoms with Gasteiger partial charge in [0.1, 0.15) is 0 Å². The van der Waals surface area contributed by atoms with Gasteiger partial charge in [-0.1, -0.05) is 45.8 Å². The molecular weight excluding hydrogens is 352 g/mol. The van der Waals surface area contributed by atoms with Crippen LogP contribution in [0.25, 0.3) is 5.70 Å². The third kappa shape index (κ3) is 2.57. The summed E-state index contributed by atoms with van der Waals surface area (Å²) >= 11 is 3.31. The van der Waals surface area contributed by atoms with Gasteiger partial charge in [-0.3, -0.25) is 9.69 Å². The van der Waals surface area contributed by atoms with Gasteiger partial charge in [0.15, 0.2) is 0 Å². The van der Waals surface area contributed by atoms with E-state index < -0.39 is 11.8 Å². The zero-order valence-corrected chi connectivity index (χ0v) is 13.3. The van der Waals surface area contributed by atoms with Gasteiger partial charge < -0.3 is 0 Å². The number of amides is 1. The molecule has 0 atom stereocenters. The molecule has 0 unspecified atom stereocenters. The molecule has 0 bridgehead atoms. The average molecular weight is 364 g/mol. The molecule has 0 spiro atoms. The van der Waals surface area contributed by atoms with Crippen LogP contribution in [0.1, 0.15) is 11.1 Å². The van der Waals surface area contributed by atoms with Gasteiger partial charge in [0, 0.05) is 16.2 Å². The second-order valence-corrected chi connectivity index (χ2v) is 6.05. The number of carbonyl (C=O) groups is 1. The number of carbonyl (C=O) groups excluding carboxylic acids is 1. The highest BCUT2D eigenvalue weighted by Gasteiger charge is 2.48. The third-order valence-electron chi connectivity index (χ3n) is 3.48. The summed E-state index contributed by atoms with van der Waals surface area (Å²) in [4.78, 5) is 13.1. The Kier molecular flexibility index (Phi) is 3.60. The van der Waals surface area contributed by atoms with Gasteiger partial charge in [0.05, 0.1) is 5.70 Å². The maximum absolute atomic E-state index is 13.9. The van der Waals surface area contributed by atoms with Gasteiger partial charge in [-0.15, -0.1) is 0 Å². The molecule has 22 heavy (non-hydrogen) atoms. The number of aryl methyl sites for hydroxylation is 1. The van der Waals surface area contributed by atoms with Crippen LogP contribution in [0.3, 0.4) is 0 Å². The first-order valence-electron chi connectivity index (χ1n) is 6.66. The minimum Gasteiger partial charge on any atom is -0.275 e. The van der Waals surface area contributed by atoms with Crippen LogP contribution in [0.4, 0.5) is 14.5 Å². The Bertz CT molecular complexity index is 751. The largest absolute Gasteiger partial charge is 0.346 e. The number of hydrogen-bond acceptors (Lipinski definition) is 1. The fourth-order valence-electron chi connectivity index (χ4n) is 2.34. The van der Waals surface area contributed by atoms with Gasteiger partial charge in [-0.25, -0.2) is 0 Å². The summed E-state index contributed by atoms with van der Waals surface area (Å²) < 4.78 is 28.6. The molecular formula is C17H12BrF2NO. The predicted molar refractivity (Wildman–Crippen MR) is 85.7 cm³/mol. The average Bonchev–Trinajstić information content (AvgIpc) is 2.72. The summed E-state index contributed by atoms with van der Waals surface area (Å²) in [6.07, 6.45) is 0.721. The van der Waals surface area contributed by atoms with Crippen molar-refractivity contribution >= 4 is 33.2 Å². The van der Waals surface area contributed by atoms with E-state index in [1.807, 2.05) is 6.92 Å². The topological polar surface area (TPSA) is 20.3 Å². The number of hydrogen-bond donors (Lipinski definition) is 0. The standard InChI is InChI=1S/C17H12BrF2NO/c1-11-2-8-14(9-3-11)21-15(10-17(19,20)16(21)22)12-4-6-13(18)7-5-12/h2-10H,1H3. The van der Waals surface area contributed by atoms with E-state index in [-0.39, 0.29) is 5.70 Å². The van der Waals surface area contributed by atoms with Crippen molar-refractivity contribution in [3.63, 3.8) is 0 Å². The molecule has 0 fully saturated rings. The van der Waals surface area contributed by atoms with E-state index >= 15 is 0 Å². The molecule has 0 saturated carbocycles. The molecule has 1 amide bonds. The Morgan fingerprint density at radius 1 is 1.00 bits per heavy atom. The summed E-state index contributed by atoms with van der Waals surface area (Å²) in [5.41, 5.74) is 2.19. The van der Waals surface area contributed by atoms with Crippen LogP contribution in [0.2, 0.25) is 0 Å². The summed E-state index contributed by atoms with van der Waals surface area (Å²) in [5, 5.41) is 0. The summed E-state index contributed by atoms with van der Waals surface area (Å²) in [7, 11) is 0. The molecule has 5 heteroatoms. The van der Waals surface area contributed by atoms with Crippen molar-refractivity contribution in [3.8, 4) is 0 Å². The monoisotopic (exact) mass is 363 g/mol. The van der Waals surface area contributed by atoms with E-state index in [1.54, 1.807) is 48.5 Å². The molecule has 0 radical (unpaired) electrons. The highest BCUT2D eigenvalue weighted by molar-refractivity contribution is 9.10. The fourth-order valence-corrected chi connectivity index (χ4v) is 2.60. The van der Waals surface area contributed by atoms with Gasteiger partial charge in [0.25, 0.3) is 0 Å². The van der Waals surface area contributed by atoms with E-state index in [4.69, 9.17) is 0 Å². The lowest BCUT2D eigenvalue weighted by molar-refractivity contribution is -0.134. The van der Waals surface area contributed by atoms with Gasteiger partial charge >= 0.3 is 11.8 Å². The first-order valence-corrected chi connectivity index (χ1v) is 7.45. The Labute approximate surface area is 135 Å². The molecule has 0 saturated heterocycles. The maximum atomic E-state index is 13.9. The Hall–Kier alpha value is -2.01. The van der Waals surface area contributed by atoms with E-state index in [9.17, 15) is 13.6 Å². The van der Waals surface area contributed by atoms with Crippen LogP contribution in [0, 0.1) is 6.92 Å². The minimum absolute atomic E-state index is 0.200. The molecule has 2 aromatic carbocycles. The number of nitrogens with zero attached hydrogens (tertiary/aromatic N) is 1. The lowest BCUT2D eigenvalue weighted by Gasteiger charge is -2.21. The van der Waals surface area contributed by atoms with Crippen molar-refractivity contribution in [2.45, 2.75) is 12.8 Å². The molecule has 2 nitrogen and oxygen atoms in total. The number of rotatable bonds is 2. The zero-order chi connectivity index (χ0) is 15.9. The zero-order valence-electron chi connectivity index (χ0n) is 11.7. The highest BCUT2D eigenvalue weighted by Crippen LogP contribution is 2.39. The van der Waals surface area contributed by atoms with Crippen molar-refractivity contribution in [1.29, 1.82) is 0 Å². The van der Waals surface area contributed by atoms with Gasteiger partial charge in [-0.2, -0.15) is 8.78 Å². The molecule has 1 heterocycles. The summed E-state index contributed by atoms with van der Waals surface area (Å²) in [5.74, 6) is -4.72. The number of anilines is 1. The molecule has 1 aliphatic heterocycles. The quantitative estimate of drug-likeness (QED) is 0.751. The van der Waals surface area contributed by atoms with Crippen molar-refractivity contribution < 1.29 is 13.6 Å². The molecule has 0 N–H and O–H groups in total. The molecule has 2 aromatic rings. The number of alkyl halides is 2. The molecule has 0 aliphatic carbocycles. The van der Waals surface area contributed by atoms with Crippen molar-refractivity contribution in [1.82, 2.24) is 0 Å². The van der Waals surface area contributed by atoms with Crippen LogP contribution >= 0.6 is 15.9 Å². The van der Waals surface area contributed by atoms with Crippen molar-refractivity contribution in [2.75, 3.05) is 4.90 Å². The van der Waals surface area contributed by atoms with E-state index in [2.05, 4.69) is 15.9 Å². The second-order valence-electron chi connectivity index (χ2n) is 5.14. The maximum Gasteiger partial charge on any atom is 0.346 e. The Morgan fingerprint density at radius 3 is 2.18 bits per heavy atom. The summed E-state index contributed by atoms with van der Waals surface area (Å²) in [6.45, 7) is 1.90. The third-order valence-corrected chi connectivity index (χ3v) is 4.01. The van der Waals surface area contributed by atoms with E-state index in [1.165, 1.54) is 0 Å². The van der Waals surface area contributed by atoms with Gasteiger partial charge in [-0.05, 0) is 36.8 Å². The smallest absolute Gasteiger partial charge is 0.275 e. The predicted octanol–water partition coefficient (Wildman–Crippen LogP) is 4.78. The molecule has 112 valence electrons. The van der Waals surface area contributed by atoms with Crippen molar-refractivity contribution in [3.05, 3.63) is 70.2 Å². The van der Waals surface area contributed by atoms with E-state index in [0.717, 1.165) is 21.0 Å². The highest BCUT2D eigenvalue weighted by atomic mass is 79.9. The first kappa shape index (κ1) is 14.9. The normalized spacial score (nSPS) is 16.8. The van der Waals surface area contributed by atoms with Crippen LogP contribution in [0.15, 0.2) is 59.1 Å². The fraction of sp³-hybridized carbons (Fsp3) is 0.118. The lowest BCUT2D eigenvalue weighted by Crippen LogP contribution is -2.34. The van der Waals surface area contributed by atoms with E-state index in [0.29, 0.717) is 11.3 Å². The SMILES string of the molecule is Cc1ccc(N2C(=O)C(F)(F)C=C2c2ccc(Br)cc2)cc1. The van der Waals surface area contributed by atoms with Crippen LogP contribution in [-0.4, -0.2) is 11.8 Å². The Morgan fingerprint density at radius 2 is 1.59 bits per heavy atom. The van der Waals surface area contributed by atoms with Crippen LogP contribution < -0.4 is 4.90 Å². The number of halogens is 3. The lowest BCUT2D eigenvalue weighted by atomic mass is 10.1. The number of benzene rings is 2. The van der Waals surface area contributed by atoms with Crippen LogP contribution in [-0.2, 0) is 4.79 Å². The molecule has 0 aromatic heterocycles. The van der Waals surface area contributed by atoms with Crippen LogP contribution in [0.5, 0.6) is 0 Å². The minimum atomic E-state index is -3.49. The summed E-state index contributed by atoms with van der Waals surface area (Å²) in [6, 6.07) is 13.8. The molecule has 1 aliphatic rings. The Balaban J connectivity index is 2.10. The second kappa shape index (κ2) is 5.32. The van der Waals surface area contributed by atoms with Crippen molar-refractivity contribution in [2.24, 2.45) is 0 Å².